The van der Waals surface area contributed by atoms with Crippen molar-refractivity contribution in [2.45, 2.75) is 46.2 Å². The molecule has 1 N–H and O–H groups in total. The van der Waals surface area contributed by atoms with Crippen molar-refractivity contribution in [2.75, 3.05) is 4.90 Å². The summed E-state index contributed by atoms with van der Waals surface area (Å²) in [6.07, 6.45) is 0.230. The molecule has 1 aliphatic rings. The van der Waals surface area contributed by atoms with Gasteiger partial charge in [0.25, 0.3) is 5.91 Å². The van der Waals surface area contributed by atoms with E-state index in [0.717, 1.165) is 0 Å². The van der Waals surface area contributed by atoms with Crippen LogP contribution in [-0.4, -0.2) is 23.9 Å². The third-order valence-electron chi connectivity index (χ3n) is 3.91. The Morgan fingerprint density at radius 2 is 1.80 bits per heavy atom. The number of amides is 2. The van der Waals surface area contributed by atoms with Gasteiger partial charge >= 0.3 is 0 Å². The lowest BCUT2D eigenvalue weighted by atomic mass is 9.87. The van der Waals surface area contributed by atoms with Crippen molar-refractivity contribution < 1.29 is 9.59 Å². The summed E-state index contributed by atoms with van der Waals surface area (Å²) in [7, 11) is 0. The normalized spacial score (nSPS) is 21.4. The summed E-state index contributed by atoms with van der Waals surface area (Å²) >= 11 is 0. The minimum atomic E-state index is -0.420. The van der Waals surface area contributed by atoms with Crippen LogP contribution in [-0.2, 0) is 9.59 Å². The van der Waals surface area contributed by atoms with E-state index in [2.05, 4.69) is 26.1 Å². The van der Waals surface area contributed by atoms with Gasteiger partial charge in [0.15, 0.2) is 0 Å². The number of carbonyl (C=O) groups excluding carboxylic acids is 2. The number of benzene rings is 1. The van der Waals surface area contributed by atoms with E-state index < -0.39 is 6.04 Å². The summed E-state index contributed by atoms with van der Waals surface area (Å²) in [5.74, 6) is -0.294. The molecule has 0 aromatic heterocycles. The van der Waals surface area contributed by atoms with Crippen LogP contribution >= 0.6 is 0 Å². The molecule has 1 saturated heterocycles. The zero-order valence-corrected chi connectivity index (χ0v) is 12.5. The lowest BCUT2D eigenvalue weighted by Gasteiger charge is -2.30. The van der Waals surface area contributed by atoms with Crippen molar-refractivity contribution in [3.63, 3.8) is 0 Å². The Morgan fingerprint density at radius 3 is 2.35 bits per heavy atom. The van der Waals surface area contributed by atoms with E-state index >= 15 is 0 Å². The highest BCUT2D eigenvalue weighted by atomic mass is 16.2. The quantitative estimate of drug-likeness (QED) is 0.861. The molecule has 1 fully saturated rings. The van der Waals surface area contributed by atoms with Crippen LogP contribution in [0.25, 0.3) is 0 Å². The minimum Gasteiger partial charge on any atom is -0.302 e. The van der Waals surface area contributed by atoms with E-state index in [1.807, 2.05) is 25.1 Å². The Hall–Kier alpha value is -1.68. The molecule has 2 rings (SSSR count). The number of para-hydroxylation sites is 1. The van der Waals surface area contributed by atoms with E-state index in [9.17, 15) is 9.59 Å². The predicted molar refractivity (Wildman–Crippen MR) is 79.4 cm³/mol. The summed E-state index contributed by atoms with van der Waals surface area (Å²) in [5.41, 5.74) is 0.693. The Balaban J connectivity index is 2.14. The molecule has 1 aliphatic heterocycles. The zero-order valence-electron chi connectivity index (χ0n) is 12.5. The van der Waals surface area contributed by atoms with Crippen molar-refractivity contribution >= 4 is 17.5 Å². The minimum absolute atomic E-state index is 0.0451. The maximum atomic E-state index is 12.4. The molecule has 1 aromatic rings. The smallest absolute Gasteiger partial charge is 0.251 e. The first-order chi connectivity index (χ1) is 9.30. The van der Waals surface area contributed by atoms with Gasteiger partial charge in [0.2, 0.25) is 5.91 Å². The van der Waals surface area contributed by atoms with Crippen LogP contribution in [0.5, 0.6) is 0 Å². The van der Waals surface area contributed by atoms with E-state index in [4.69, 9.17) is 0 Å². The number of rotatable bonds is 3. The molecule has 1 aromatic carbocycles. The number of nitrogens with zero attached hydrogens (tertiary/aromatic N) is 1. The average Bonchev–Trinajstić information content (AvgIpc) is 2.64. The number of imide groups is 1. The van der Waals surface area contributed by atoms with Gasteiger partial charge in [-0.15, -0.1) is 0 Å². The molecular formula is C16H22N2O2. The lowest BCUT2D eigenvalue weighted by molar-refractivity contribution is -0.121. The molecule has 20 heavy (non-hydrogen) atoms. The Bertz CT molecular complexity index is 505. The van der Waals surface area contributed by atoms with Gasteiger partial charge in [-0.3, -0.25) is 9.59 Å². The van der Waals surface area contributed by atoms with E-state index in [0.29, 0.717) is 5.69 Å². The molecule has 0 spiro atoms. The van der Waals surface area contributed by atoms with E-state index in [-0.39, 0.29) is 29.7 Å². The van der Waals surface area contributed by atoms with Crippen LogP contribution < -0.4 is 10.2 Å². The Kier molecular flexibility index (Phi) is 3.95. The van der Waals surface area contributed by atoms with E-state index in [1.54, 1.807) is 12.1 Å². The third-order valence-corrected chi connectivity index (χ3v) is 3.91. The largest absolute Gasteiger partial charge is 0.302 e. The Labute approximate surface area is 120 Å². The average molecular weight is 274 g/mol. The van der Waals surface area contributed by atoms with Crippen LogP contribution in [0.3, 0.4) is 0 Å². The molecule has 0 bridgehead atoms. The fourth-order valence-corrected chi connectivity index (χ4v) is 2.16. The summed E-state index contributed by atoms with van der Waals surface area (Å²) in [5, 5.41) is 3.29. The maximum absolute atomic E-state index is 12.4. The van der Waals surface area contributed by atoms with Crippen molar-refractivity contribution in [1.29, 1.82) is 0 Å². The molecule has 4 nitrogen and oxygen atoms in total. The molecular weight excluding hydrogens is 252 g/mol. The van der Waals surface area contributed by atoms with Crippen LogP contribution in [0, 0.1) is 5.41 Å². The van der Waals surface area contributed by atoms with Gasteiger partial charge in [-0.05, 0) is 24.5 Å². The van der Waals surface area contributed by atoms with Crippen molar-refractivity contribution in [3.05, 3.63) is 30.3 Å². The number of anilines is 1. The number of hydrogen-bond donors (Lipinski definition) is 1. The molecule has 2 atom stereocenters. The SMILES string of the molecule is CC(NC1CC(=O)N(c2ccccc2)C1=O)C(C)(C)C. The summed E-state index contributed by atoms with van der Waals surface area (Å²) in [6, 6.07) is 8.82. The first kappa shape index (κ1) is 14.7. The van der Waals surface area contributed by atoms with Gasteiger partial charge in [0.1, 0.15) is 0 Å². The monoisotopic (exact) mass is 274 g/mol. The van der Waals surface area contributed by atoms with Crippen LogP contribution in [0.15, 0.2) is 30.3 Å². The van der Waals surface area contributed by atoms with Gasteiger partial charge in [0.05, 0.1) is 18.2 Å². The topological polar surface area (TPSA) is 49.4 Å². The van der Waals surface area contributed by atoms with Gasteiger partial charge < -0.3 is 5.32 Å². The fourth-order valence-electron chi connectivity index (χ4n) is 2.16. The zero-order chi connectivity index (χ0) is 14.9. The summed E-state index contributed by atoms with van der Waals surface area (Å²) in [4.78, 5) is 25.8. The fraction of sp³-hybridized carbons (Fsp3) is 0.500. The predicted octanol–water partition coefficient (Wildman–Crippen LogP) is 2.34. The molecule has 0 radical (unpaired) electrons. The lowest BCUT2D eigenvalue weighted by Crippen LogP contribution is -2.47. The number of hydrogen-bond acceptors (Lipinski definition) is 3. The van der Waals surface area contributed by atoms with Crippen molar-refractivity contribution in [2.24, 2.45) is 5.41 Å². The van der Waals surface area contributed by atoms with Crippen LogP contribution in [0.1, 0.15) is 34.1 Å². The standard InChI is InChI=1S/C16H22N2O2/c1-11(16(2,3)4)17-13-10-14(19)18(15(13)20)12-8-6-5-7-9-12/h5-9,11,13,17H,10H2,1-4H3. The molecule has 108 valence electrons. The van der Waals surface area contributed by atoms with Crippen molar-refractivity contribution in [1.82, 2.24) is 5.32 Å². The summed E-state index contributed by atoms with van der Waals surface area (Å²) in [6.45, 7) is 8.38. The molecule has 2 unspecified atom stereocenters. The summed E-state index contributed by atoms with van der Waals surface area (Å²) < 4.78 is 0. The first-order valence-electron chi connectivity index (χ1n) is 6.98. The first-order valence-corrected chi connectivity index (χ1v) is 6.98. The molecule has 0 saturated carbocycles. The third kappa shape index (κ3) is 2.90. The molecule has 0 aliphatic carbocycles. The van der Waals surface area contributed by atoms with Gasteiger partial charge in [-0.25, -0.2) is 4.90 Å². The second-order valence-corrected chi connectivity index (χ2v) is 6.41. The highest BCUT2D eigenvalue weighted by Crippen LogP contribution is 2.25. The maximum Gasteiger partial charge on any atom is 0.251 e. The Morgan fingerprint density at radius 1 is 1.20 bits per heavy atom. The van der Waals surface area contributed by atoms with Crippen LogP contribution in [0.4, 0.5) is 5.69 Å². The molecule has 2 amide bonds. The second kappa shape index (κ2) is 5.37. The van der Waals surface area contributed by atoms with Crippen molar-refractivity contribution in [3.8, 4) is 0 Å². The highest BCUT2D eigenvalue weighted by Gasteiger charge is 2.40. The van der Waals surface area contributed by atoms with E-state index in [1.165, 1.54) is 4.90 Å². The van der Waals surface area contributed by atoms with Crippen LogP contribution in [0.2, 0.25) is 0 Å². The van der Waals surface area contributed by atoms with Gasteiger partial charge in [-0.1, -0.05) is 39.0 Å². The van der Waals surface area contributed by atoms with Gasteiger partial charge in [-0.2, -0.15) is 0 Å². The number of nitrogens with one attached hydrogen (secondary N) is 1. The van der Waals surface area contributed by atoms with Gasteiger partial charge in [0, 0.05) is 6.04 Å². The highest BCUT2D eigenvalue weighted by molar-refractivity contribution is 6.22. The molecule has 4 heteroatoms. The molecule has 1 heterocycles. The number of carbonyl (C=O) groups is 2. The second-order valence-electron chi connectivity index (χ2n) is 6.41.